The summed E-state index contributed by atoms with van der Waals surface area (Å²) in [6.07, 6.45) is 3.46. The highest BCUT2D eigenvalue weighted by Crippen LogP contribution is 2.24. The summed E-state index contributed by atoms with van der Waals surface area (Å²) in [7, 11) is 1.81. The Morgan fingerprint density at radius 1 is 1.26 bits per heavy atom. The van der Waals surface area contributed by atoms with Gasteiger partial charge in [0.1, 0.15) is 0 Å². The van der Waals surface area contributed by atoms with E-state index in [1.54, 1.807) is 11.9 Å². The maximum absolute atomic E-state index is 5.58. The van der Waals surface area contributed by atoms with Crippen molar-refractivity contribution in [1.29, 1.82) is 0 Å². The van der Waals surface area contributed by atoms with Gasteiger partial charge in [-0.05, 0) is 36.8 Å². The Morgan fingerprint density at radius 2 is 2.07 bits per heavy atom. The van der Waals surface area contributed by atoms with Gasteiger partial charge in [-0.2, -0.15) is 0 Å². The molecule has 1 aliphatic heterocycles. The molecule has 6 nitrogen and oxygen atoms in total. The molecule has 0 radical (unpaired) electrons. The zero-order valence-electron chi connectivity index (χ0n) is 17.1. The third kappa shape index (κ3) is 8.17. The highest BCUT2D eigenvalue weighted by molar-refractivity contribution is 7.10. The monoisotopic (exact) mass is 396 g/mol. The van der Waals surface area contributed by atoms with Crippen LogP contribution in [0.4, 0.5) is 0 Å². The molecular formula is C20H36N4O2S. The first-order valence-corrected chi connectivity index (χ1v) is 11.0. The fraction of sp³-hybridized carbons (Fsp3) is 0.750. The normalized spacial score (nSPS) is 16.2. The van der Waals surface area contributed by atoms with E-state index >= 15 is 0 Å². The molecule has 1 atom stereocenters. The predicted octanol–water partition coefficient (Wildman–Crippen LogP) is 2.49. The number of unbranched alkanes of at least 4 members (excludes halogenated alkanes) is 1. The first-order chi connectivity index (χ1) is 13.2. The van der Waals surface area contributed by atoms with E-state index in [0.717, 1.165) is 45.2 Å². The maximum atomic E-state index is 5.58. The van der Waals surface area contributed by atoms with E-state index in [0.29, 0.717) is 25.9 Å². The summed E-state index contributed by atoms with van der Waals surface area (Å²) in [5.74, 6) is 0.831. The van der Waals surface area contributed by atoms with Crippen LogP contribution in [0, 0.1) is 0 Å². The molecule has 27 heavy (non-hydrogen) atoms. The molecular weight excluding hydrogens is 360 g/mol. The lowest BCUT2D eigenvalue weighted by molar-refractivity contribution is 0.0487. The molecule has 1 aromatic heterocycles. The summed E-state index contributed by atoms with van der Waals surface area (Å²) in [5.41, 5.74) is 1.50. The number of rotatable bonds is 12. The van der Waals surface area contributed by atoms with Gasteiger partial charge in [-0.15, -0.1) is 11.3 Å². The molecule has 1 aliphatic rings. The van der Waals surface area contributed by atoms with Crippen LogP contribution in [0.3, 0.4) is 0 Å². The van der Waals surface area contributed by atoms with Crippen molar-refractivity contribution in [2.75, 3.05) is 53.1 Å². The Kier molecular flexibility index (Phi) is 10.7. The number of fused-ring (bicyclic) bond motifs is 1. The zero-order chi connectivity index (χ0) is 19.3. The van der Waals surface area contributed by atoms with Gasteiger partial charge in [-0.25, -0.2) is 0 Å². The number of guanidine groups is 1. The van der Waals surface area contributed by atoms with Crippen molar-refractivity contribution in [3.05, 3.63) is 21.9 Å². The molecule has 7 heteroatoms. The minimum absolute atomic E-state index is 0.466. The fourth-order valence-electron chi connectivity index (χ4n) is 3.05. The first kappa shape index (κ1) is 22.1. The van der Waals surface area contributed by atoms with Gasteiger partial charge in [0.05, 0.1) is 19.8 Å². The Morgan fingerprint density at radius 3 is 2.85 bits per heavy atom. The average molecular weight is 397 g/mol. The predicted molar refractivity (Wildman–Crippen MR) is 114 cm³/mol. The van der Waals surface area contributed by atoms with Crippen LogP contribution < -0.4 is 10.6 Å². The summed E-state index contributed by atoms with van der Waals surface area (Å²) >= 11 is 1.89. The van der Waals surface area contributed by atoms with Crippen molar-refractivity contribution in [2.45, 2.75) is 45.7 Å². The smallest absolute Gasteiger partial charge is 0.191 e. The molecule has 1 unspecified atom stereocenters. The molecule has 154 valence electrons. The van der Waals surface area contributed by atoms with Crippen LogP contribution in [-0.4, -0.2) is 70.0 Å². The van der Waals surface area contributed by atoms with Crippen LogP contribution in [0.1, 0.15) is 37.1 Å². The summed E-state index contributed by atoms with van der Waals surface area (Å²) in [6, 6.07) is 2.73. The second kappa shape index (κ2) is 13.1. The second-order valence-corrected chi connectivity index (χ2v) is 7.90. The van der Waals surface area contributed by atoms with Crippen LogP contribution in [0.5, 0.6) is 0 Å². The van der Waals surface area contributed by atoms with Crippen LogP contribution >= 0.6 is 11.3 Å². The third-order valence-corrected chi connectivity index (χ3v) is 5.83. The highest BCUT2D eigenvalue weighted by atomic mass is 32.1. The van der Waals surface area contributed by atoms with E-state index in [9.17, 15) is 0 Å². The summed E-state index contributed by atoms with van der Waals surface area (Å²) < 4.78 is 11.1. The highest BCUT2D eigenvalue weighted by Gasteiger charge is 2.21. The Hall–Kier alpha value is -1.15. The first-order valence-electron chi connectivity index (χ1n) is 10.1. The number of hydrogen-bond acceptors (Lipinski definition) is 5. The Bertz CT molecular complexity index is 550. The van der Waals surface area contributed by atoms with Crippen molar-refractivity contribution in [1.82, 2.24) is 15.5 Å². The molecule has 1 aromatic rings. The lowest BCUT2D eigenvalue weighted by Crippen LogP contribution is -2.47. The van der Waals surface area contributed by atoms with Crippen LogP contribution in [0.25, 0.3) is 0 Å². The Balaban J connectivity index is 1.54. The van der Waals surface area contributed by atoms with Gasteiger partial charge in [0.15, 0.2) is 5.96 Å². The topological polar surface area (TPSA) is 58.1 Å². The van der Waals surface area contributed by atoms with Gasteiger partial charge < -0.3 is 20.1 Å². The molecule has 2 rings (SSSR count). The van der Waals surface area contributed by atoms with Gasteiger partial charge >= 0.3 is 0 Å². The number of aliphatic imine (C=N–C) groups is 1. The number of hydrogen-bond donors (Lipinski definition) is 2. The van der Waals surface area contributed by atoms with Gasteiger partial charge in [-0.1, -0.05) is 13.3 Å². The summed E-state index contributed by atoms with van der Waals surface area (Å²) in [6.45, 7) is 11.1. The third-order valence-electron chi connectivity index (χ3n) is 4.80. The summed E-state index contributed by atoms with van der Waals surface area (Å²) in [5, 5.41) is 8.95. The van der Waals surface area contributed by atoms with Gasteiger partial charge in [0.2, 0.25) is 0 Å². The van der Waals surface area contributed by atoms with E-state index in [-0.39, 0.29) is 0 Å². The second-order valence-electron chi connectivity index (χ2n) is 6.90. The van der Waals surface area contributed by atoms with E-state index in [4.69, 9.17) is 9.47 Å². The summed E-state index contributed by atoms with van der Waals surface area (Å²) in [4.78, 5) is 8.39. The molecule has 0 spiro atoms. The number of ether oxygens (including phenoxy) is 2. The molecule has 0 saturated carbocycles. The Labute approximate surface area is 168 Å². The standard InChI is InChI=1S/C20H36N4O2S/c1-4-5-10-25-12-13-26-11-8-22-20(21-3)23-15-17(2)24-9-6-19-18(16-24)7-14-27-19/h7,14,17H,4-6,8-13,15-16H2,1-3H3,(H2,21,22,23). The molecule has 0 aliphatic carbocycles. The lowest BCUT2D eigenvalue weighted by Gasteiger charge is -2.32. The van der Waals surface area contributed by atoms with Crippen LogP contribution in [0.2, 0.25) is 0 Å². The zero-order valence-corrected chi connectivity index (χ0v) is 17.9. The number of nitrogens with one attached hydrogen (secondary N) is 2. The fourth-order valence-corrected chi connectivity index (χ4v) is 3.94. The van der Waals surface area contributed by atoms with E-state index in [1.807, 2.05) is 11.3 Å². The van der Waals surface area contributed by atoms with Crippen LogP contribution in [0.15, 0.2) is 16.4 Å². The van der Waals surface area contributed by atoms with Crippen molar-refractivity contribution in [3.63, 3.8) is 0 Å². The maximum Gasteiger partial charge on any atom is 0.191 e. The van der Waals surface area contributed by atoms with Gasteiger partial charge in [-0.3, -0.25) is 9.89 Å². The molecule has 0 amide bonds. The van der Waals surface area contributed by atoms with E-state index in [2.05, 4.69) is 45.8 Å². The van der Waals surface area contributed by atoms with Gasteiger partial charge in [0.25, 0.3) is 0 Å². The molecule has 0 bridgehead atoms. The average Bonchev–Trinajstić information content (AvgIpc) is 3.16. The number of nitrogens with zero attached hydrogens (tertiary/aromatic N) is 2. The van der Waals surface area contributed by atoms with Crippen LogP contribution in [-0.2, 0) is 22.4 Å². The quantitative estimate of drug-likeness (QED) is 0.323. The van der Waals surface area contributed by atoms with Crippen molar-refractivity contribution in [3.8, 4) is 0 Å². The minimum atomic E-state index is 0.466. The van der Waals surface area contributed by atoms with E-state index in [1.165, 1.54) is 18.4 Å². The SMILES string of the molecule is CCCCOCCOCCNC(=NC)NCC(C)N1CCc2sccc2C1. The molecule has 0 fully saturated rings. The number of thiophene rings is 1. The molecule has 2 heterocycles. The lowest BCUT2D eigenvalue weighted by atomic mass is 10.1. The van der Waals surface area contributed by atoms with E-state index < -0.39 is 0 Å². The largest absolute Gasteiger partial charge is 0.379 e. The van der Waals surface area contributed by atoms with Crippen molar-refractivity contribution in [2.24, 2.45) is 4.99 Å². The molecule has 2 N–H and O–H groups in total. The minimum Gasteiger partial charge on any atom is -0.379 e. The molecule has 0 aromatic carbocycles. The molecule has 0 saturated heterocycles. The van der Waals surface area contributed by atoms with Crippen molar-refractivity contribution < 1.29 is 9.47 Å². The van der Waals surface area contributed by atoms with Crippen molar-refractivity contribution >= 4 is 17.3 Å². The van der Waals surface area contributed by atoms with Gasteiger partial charge in [0, 0.05) is 50.8 Å².